The largest absolute Gasteiger partial charge is 0.493 e. The van der Waals surface area contributed by atoms with Crippen LogP contribution in [0, 0.1) is 0 Å². The molecule has 1 aromatic rings. The molecule has 2 heterocycles. The summed E-state index contributed by atoms with van der Waals surface area (Å²) in [5.41, 5.74) is 2.29. The molecule has 5 heteroatoms. The molecule has 0 unspecified atom stereocenters. The van der Waals surface area contributed by atoms with Crippen LogP contribution in [0.2, 0.25) is 5.02 Å². The van der Waals surface area contributed by atoms with Crippen molar-refractivity contribution in [2.75, 3.05) is 24.6 Å². The lowest BCUT2D eigenvalue weighted by atomic mass is 10.1. The first-order valence-electron chi connectivity index (χ1n) is 6.61. The van der Waals surface area contributed by atoms with Gasteiger partial charge in [0.05, 0.1) is 17.3 Å². The highest BCUT2D eigenvalue weighted by atomic mass is 35.5. The third-order valence-corrected chi connectivity index (χ3v) is 4.02. The van der Waals surface area contributed by atoms with E-state index in [0.29, 0.717) is 0 Å². The Morgan fingerprint density at radius 1 is 1.53 bits per heavy atom. The zero-order valence-electron chi connectivity index (χ0n) is 10.9. The molecule has 0 aromatic heterocycles. The van der Waals surface area contributed by atoms with Crippen LogP contribution in [-0.4, -0.2) is 31.6 Å². The van der Waals surface area contributed by atoms with Crippen LogP contribution in [0.5, 0.6) is 5.75 Å². The molecule has 0 bridgehead atoms. The Hall–Kier alpha value is -1.42. The molecule has 1 fully saturated rings. The Balaban J connectivity index is 1.84. The lowest BCUT2D eigenvalue weighted by Crippen LogP contribution is -2.35. The molecule has 102 valence electrons. The predicted octanol–water partition coefficient (Wildman–Crippen LogP) is 1.99. The predicted molar refractivity (Wildman–Crippen MR) is 75.1 cm³/mol. The second kappa shape index (κ2) is 4.93. The molecule has 2 aliphatic heterocycles. The number of ether oxygens (including phenoxy) is 1. The van der Waals surface area contributed by atoms with Crippen LogP contribution in [0.3, 0.4) is 0 Å². The van der Waals surface area contributed by atoms with Crippen LogP contribution in [0.15, 0.2) is 12.1 Å². The van der Waals surface area contributed by atoms with Crippen LogP contribution >= 0.6 is 11.6 Å². The van der Waals surface area contributed by atoms with Crippen molar-refractivity contribution in [2.45, 2.75) is 25.8 Å². The van der Waals surface area contributed by atoms with Crippen molar-refractivity contribution in [3.05, 3.63) is 22.7 Å². The van der Waals surface area contributed by atoms with Crippen LogP contribution in [0.1, 0.15) is 18.9 Å². The van der Waals surface area contributed by atoms with Crippen molar-refractivity contribution in [1.82, 2.24) is 5.32 Å². The van der Waals surface area contributed by atoms with E-state index in [9.17, 15) is 4.79 Å². The average molecular weight is 281 g/mol. The molecule has 2 aliphatic rings. The lowest BCUT2D eigenvalue weighted by molar-refractivity contribution is -0.119. The molecular formula is C14H17ClN2O2. The molecule has 0 radical (unpaired) electrons. The lowest BCUT2D eigenvalue weighted by Gasteiger charge is -2.22. The Labute approximate surface area is 117 Å². The summed E-state index contributed by atoms with van der Waals surface area (Å²) in [4.78, 5) is 13.4. The highest BCUT2D eigenvalue weighted by Gasteiger charge is 2.29. The number of benzene rings is 1. The van der Waals surface area contributed by atoms with Gasteiger partial charge in [-0.05, 0) is 18.6 Å². The summed E-state index contributed by atoms with van der Waals surface area (Å²) in [5.74, 6) is 0.974. The Kier molecular flexibility index (Phi) is 3.27. The molecule has 3 rings (SSSR count). The molecule has 1 amide bonds. The maximum absolute atomic E-state index is 11.1. The van der Waals surface area contributed by atoms with Crippen molar-refractivity contribution < 1.29 is 9.53 Å². The Morgan fingerprint density at radius 3 is 3.16 bits per heavy atom. The molecule has 0 saturated carbocycles. The van der Waals surface area contributed by atoms with E-state index in [2.05, 4.69) is 10.2 Å². The fourth-order valence-electron chi connectivity index (χ4n) is 2.94. The maximum atomic E-state index is 11.1. The van der Waals surface area contributed by atoms with Crippen molar-refractivity contribution in [3.8, 4) is 5.75 Å². The van der Waals surface area contributed by atoms with E-state index in [4.69, 9.17) is 16.3 Å². The summed E-state index contributed by atoms with van der Waals surface area (Å²) in [7, 11) is 0. The Morgan fingerprint density at radius 2 is 2.37 bits per heavy atom. The Bertz CT molecular complexity index is 518. The third-order valence-electron chi connectivity index (χ3n) is 3.71. The molecule has 0 spiro atoms. The first-order chi connectivity index (χ1) is 9.15. The van der Waals surface area contributed by atoms with Gasteiger partial charge in [0.25, 0.3) is 0 Å². The van der Waals surface area contributed by atoms with Gasteiger partial charge in [-0.2, -0.15) is 0 Å². The number of anilines is 1. The van der Waals surface area contributed by atoms with Crippen molar-refractivity contribution in [2.24, 2.45) is 0 Å². The molecule has 4 nitrogen and oxygen atoms in total. The van der Waals surface area contributed by atoms with Gasteiger partial charge < -0.3 is 15.0 Å². The van der Waals surface area contributed by atoms with E-state index in [1.807, 2.05) is 12.1 Å². The van der Waals surface area contributed by atoms with E-state index >= 15 is 0 Å². The minimum absolute atomic E-state index is 0.0274. The zero-order valence-corrected chi connectivity index (χ0v) is 11.7. The van der Waals surface area contributed by atoms with E-state index in [1.165, 1.54) is 5.56 Å². The topological polar surface area (TPSA) is 41.6 Å². The zero-order chi connectivity index (χ0) is 13.4. The number of amides is 1. The average Bonchev–Trinajstić information content (AvgIpc) is 2.97. The standard InChI is InChI=1S/C14H17ClN2O2/c1-9(18)16-10-4-6-17(8-10)14-11-5-7-19-13(11)3-2-12(14)15/h2-3,10H,4-8H2,1H3,(H,16,18)/t10-/m0/s1. The van der Waals surface area contributed by atoms with Gasteiger partial charge >= 0.3 is 0 Å². The first-order valence-corrected chi connectivity index (χ1v) is 6.99. The third kappa shape index (κ3) is 2.37. The minimum Gasteiger partial charge on any atom is -0.493 e. The van der Waals surface area contributed by atoms with Crippen molar-refractivity contribution in [3.63, 3.8) is 0 Å². The van der Waals surface area contributed by atoms with E-state index in [0.717, 1.165) is 49.0 Å². The number of nitrogens with zero attached hydrogens (tertiary/aromatic N) is 1. The fraction of sp³-hybridized carbons (Fsp3) is 0.500. The molecule has 1 atom stereocenters. The second-order valence-electron chi connectivity index (χ2n) is 5.10. The van der Waals surface area contributed by atoms with E-state index < -0.39 is 0 Å². The number of carbonyl (C=O) groups is 1. The van der Waals surface area contributed by atoms with Gasteiger partial charge in [-0.3, -0.25) is 4.79 Å². The number of hydrogen-bond acceptors (Lipinski definition) is 3. The van der Waals surface area contributed by atoms with Gasteiger partial charge in [-0.1, -0.05) is 11.6 Å². The molecule has 1 saturated heterocycles. The monoisotopic (exact) mass is 280 g/mol. The number of carbonyl (C=O) groups excluding carboxylic acids is 1. The minimum atomic E-state index is 0.0274. The van der Waals surface area contributed by atoms with Gasteiger partial charge in [0, 0.05) is 38.0 Å². The van der Waals surface area contributed by atoms with E-state index in [1.54, 1.807) is 6.92 Å². The summed E-state index contributed by atoms with van der Waals surface area (Å²) in [6.07, 6.45) is 1.87. The van der Waals surface area contributed by atoms with Gasteiger partial charge in [-0.25, -0.2) is 0 Å². The van der Waals surface area contributed by atoms with Gasteiger partial charge in [0.15, 0.2) is 0 Å². The van der Waals surface area contributed by atoms with Crippen LogP contribution in [-0.2, 0) is 11.2 Å². The van der Waals surface area contributed by atoms with E-state index in [-0.39, 0.29) is 11.9 Å². The summed E-state index contributed by atoms with van der Waals surface area (Å²) >= 11 is 6.36. The second-order valence-corrected chi connectivity index (χ2v) is 5.51. The molecule has 0 aliphatic carbocycles. The number of halogens is 1. The van der Waals surface area contributed by atoms with Crippen LogP contribution < -0.4 is 15.0 Å². The highest BCUT2D eigenvalue weighted by molar-refractivity contribution is 6.33. The fourth-order valence-corrected chi connectivity index (χ4v) is 3.24. The number of fused-ring (bicyclic) bond motifs is 1. The van der Waals surface area contributed by atoms with Crippen LogP contribution in [0.4, 0.5) is 5.69 Å². The molecule has 19 heavy (non-hydrogen) atoms. The quantitative estimate of drug-likeness (QED) is 0.901. The summed E-state index contributed by atoms with van der Waals surface area (Å²) < 4.78 is 5.59. The highest BCUT2D eigenvalue weighted by Crippen LogP contribution is 2.40. The normalized spacial score (nSPS) is 21.2. The number of nitrogens with one attached hydrogen (secondary N) is 1. The number of hydrogen-bond donors (Lipinski definition) is 1. The van der Waals surface area contributed by atoms with Crippen LogP contribution in [0.25, 0.3) is 0 Å². The summed E-state index contributed by atoms with van der Waals surface area (Å²) in [6, 6.07) is 4.05. The molecule has 1 aromatic carbocycles. The summed E-state index contributed by atoms with van der Waals surface area (Å²) in [6.45, 7) is 4.02. The van der Waals surface area contributed by atoms with Gasteiger partial charge in [0.1, 0.15) is 5.75 Å². The van der Waals surface area contributed by atoms with Gasteiger partial charge in [0.2, 0.25) is 5.91 Å². The van der Waals surface area contributed by atoms with Gasteiger partial charge in [-0.15, -0.1) is 0 Å². The van der Waals surface area contributed by atoms with Crippen molar-refractivity contribution >= 4 is 23.2 Å². The molecule has 1 N–H and O–H groups in total. The SMILES string of the molecule is CC(=O)N[C@H]1CCN(c2c(Cl)ccc3c2CCO3)C1. The summed E-state index contributed by atoms with van der Waals surface area (Å²) in [5, 5.41) is 3.74. The number of rotatable bonds is 2. The first kappa shape index (κ1) is 12.6. The maximum Gasteiger partial charge on any atom is 0.217 e. The smallest absolute Gasteiger partial charge is 0.217 e. The van der Waals surface area contributed by atoms with Crippen molar-refractivity contribution in [1.29, 1.82) is 0 Å². The molecular weight excluding hydrogens is 264 g/mol.